The molecule has 0 aliphatic carbocycles. The zero-order valence-corrected chi connectivity index (χ0v) is 16.3. The van der Waals surface area contributed by atoms with E-state index in [0.717, 1.165) is 10.5 Å². The van der Waals surface area contributed by atoms with Crippen LogP contribution in [0.5, 0.6) is 0 Å². The maximum absolute atomic E-state index is 12.1. The van der Waals surface area contributed by atoms with Crippen LogP contribution in [-0.4, -0.2) is 44.1 Å². The number of amides is 2. The molecular weight excluding hydrogens is 370 g/mol. The number of hydrogen-bond donors (Lipinski definition) is 2. The number of thioether (sulfide) groups is 2. The van der Waals surface area contributed by atoms with Crippen LogP contribution >= 0.6 is 23.5 Å². The lowest BCUT2D eigenvalue weighted by Crippen LogP contribution is -2.33. The Morgan fingerprint density at radius 2 is 2.15 bits per heavy atom. The molecule has 0 bridgehead atoms. The molecule has 0 unspecified atom stereocenters. The van der Waals surface area contributed by atoms with Crippen molar-refractivity contribution in [1.29, 1.82) is 5.26 Å². The molecule has 1 aliphatic heterocycles. The summed E-state index contributed by atoms with van der Waals surface area (Å²) in [7, 11) is 1.56. The number of nitrogens with one attached hydrogen (secondary N) is 2. The van der Waals surface area contributed by atoms with Gasteiger partial charge >= 0.3 is 0 Å². The molecule has 138 valence electrons. The van der Waals surface area contributed by atoms with E-state index in [2.05, 4.69) is 16.7 Å². The normalized spacial score (nSPS) is 16.8. The smallest absolute Gasteiger partial charge is 0.230 e. The standard InChI is InChI=1S/C18H21N3O3S2/c1-24-8-7-20-17(23)11-26-18-15(10-19)14(9-16(22)21-18)12-3-5-13(25-2)6-4-12/h3-6,14H,7-9,11H2,1-2H3,(H,20,23)(H,21,22)/t14-/m0/s1. The summed E-state index contributed by atoms with van der Waals surface area (Å²) in [6.07, 6.45) is 2.22. The molecule has 6 nitrogen and oxygen atoms in total. The maximum atomic E-state index is 12.1. The van der Waals surface area contributed by atoms with Gasteiger partial charge in [-0.2, -0.15) is 5.26 Å². The minimum atomic E-state index is -0.288. The lowest BCUT2D eigenvalue weighted by Gasteiger charge is -2.25. The second-order valence-electron chi connectivity index (χ2n) is 5.56. The Kier molecular flexibility index (Phi) is 8.04. The molecule has 1 heterocycles. The Morgan fingerprint density at radius 1 is 1.42 bits per heavy atom. The van der Waals surface area contributed by atoms with Gasteiger partial charge in [0.1, 0.15) is 0 Å². The summed E-state index contributed by atoms with van der Waals surface area (Å²) in [6.45, 7) is 0.865. The van der Waals surface area contributed by atoms with E-state index in [1.807, 2.05) is 30.5 Å². The molecule has 1 aromatic carbocycles. The molecule has 1 atom stereocenters. The summed E-state index contributed by atoms with van der Waals surface area (Å²) in [4.78, 5) is 25.1. The number of nitrogens with zero attached hydrogens (tertiary/aromatic N) is 1. The molecule has 0 fully saturated rings. The van der Waals surface area contributed by atoms with Gasteiger partial charge in [-0.3, -0.25) is 9.59 Å². The molecule has 2 rings (SSSR count). The molecule has 1 aromatic rings. The lowest BCUT2D eigenvalue weighted by atomic mass is 9.87. The topological polar surface area (TPSA) is 91.2 Å². The SMILES string of the molecule is COCCNC(=O)CSC1=C(C#N)[C@H](c2ccc(SC)cc2)CC(=O)N1. The van der Waals surface area contributed by atoms with Crippen molar-refractivity contribution in [3.05, 3.63) is 40.4 Å². The molecule has 8 heteroatoms. The first-order chi connectivity index (χ1) is 12.6. The average Bonchev–Trinajstić information content (AvgIpc) is 2.66. The number of allylic oxidation sites excluding steroid dienone is 1. The number of rotatable bonds is 8. The van der Waals surface area contributed by atoms with E-state index in [4.69, 9.17) is 4.74 Å². The Morgan fingerprint density at radius 3 is 2.77 bits per heavy atom. The molecule has 0 saturated heterocycles. The first-order valence-electron chi connectivity index (χ1n) is 8.05. The second kappa shape index (κ2) is 10.3. The van der Waals surface area contributed by atoms with Crippen LogP contribution in [0.2, 0.25) is 0 Å². The van der Waals surface area contributed by atoms with Crippen LogP contribution in [0.4, 0.5) is 0 Å². The van der Waals surface area contributed by atoms with Crippen molar-refractivity contribution >= 4 is 35.3 Å². The predicted octanol–water partition coefficient (Wildman–Crippen LogP) is 2.24. The first kappa shape index (κ1) is 20.4. The van der Waals surface area contributed by atoms with Crippen molar-refractivity contribution in [3.63, 3.8) is 0 Å². The molecule has 0 saturated carbocycles. The van der Waals surface area contributed by atoms with Crippen molar-refractivity contribution in [2.45, 2.75) is 17.2 Å². The van der Waals surface area contributed by atoms with Crippen LogP contribution < -0.4 is 10.6 Å². The minimum Gasteiger partial charge on any atom is -0.383 e. The summed E-state index contributed by atoms with van der Waals surface area (Å²) in [5.41, 5.74) is 1.42. The van der Waals surface area contributed by atoms with Gasteiger partial charge in [0.05, 0.1) is 29.0 Å². The quantitative estimate of drug-likeness (QED) is 0.522. The number of nitriles is 1. The van der Waals surface area contributed by atoms with Crippen LogP contribution in [0.15, 0.2) is 39.8 Å². The van der Waals surface area contributed by atoms with E-state index in [1.165, 1.54) is 11.8 Å². The summed E-state index contributed by atoms with van der Waals surface area (Å²) >= 11 is 2.81. The molecule has 2 N–H and O–H groups in total. The van der Waals surface area contributed by atoms with Gasteiger partial charge in [0.25, 0.3) is 0 Å². The fraction of sp³-hybridized carbons (Fsp3) is 0.389. The van der Waals surface area contributed by atoms with Crippen LogP contribution in [0, 0.1) is 11.3 Å². The number of hydrogen-bond acceptors (Lipinski definition) is 6. The molecular formula is C18H21N3O3S2. The summed E-state index contributed by atoms with van der Waals surface area (Å²) < 4.78 is 4.88. The fourth-order valence-corrected chi connectivity index (χ4v) is 3.85. The third-order valence-electron chi connectivity index (χ3n) is 3.85. The first-order valence-corrected chi connectivity index (χ1v) is 10.3. The molecule has 0 radical (unpaired) electrons. The molecule has 1 aliphatic rings. The maximum Gasteiger partial charge on any atom is 0.230 e. The van der Waals surface area contributed by atoms with Gasteiger partial charge in [0, 0.05) is 30.9 Å². The van der Waals surface area contributed by atoms with Crippen molar-refractivity contribution in [2.75, 3.05) is 32.3 Å². The van der Waals surface area contributed by atoms with E-state index < -0.39 is 0 Å². The summed E-state index contributed by atoms with van der Waals surface area (Å²) in [6, 6.07) is 10.1. The highest BCUT2D eigenvalue weighted by atomic mass is 32.2. The van der Waals surface area contributed by atoms with Gasteiger partial charge in [-0.15, -0.1) is 11.8 Å². The van der Waals surface area contributed by atoms with E-state index in [-0.39, 0.29) is 29.9 Å². The zero-order valence-electron chi connectivity index (χ0n) is 14.7. The second-order valence-corrected chi connectivity index (χ2v) is 7.43. The van der Waals surface area contributed by atoms with Gasteiger partial charge in [0.2, 0.25) is 11.8 Å². The predicted molar refractivity (Wildman–Crippen MR) is 104 cm³/mol. The minimum absolute atomic E-state index is 0.128. The van der Waals surface area contributed by atoms with Crippen LogP contribution in [0.25, 0.3) is 0 Å². The zero-order chi connectivity index (χ0) is 18.9. The van der Waals surface area contributed by atoms with Crippen molar-refractivity contribution in [3.8, 4) is 6.07 Å². The number of carbonyl (C=O) groups is 2. The Bertz CT molecular complexity index is 726. The monoisotopic (exact) mass is 391 g/mol. The van der Waals surface area contributed by atoms with Crippen LogP contribution in [-0.2, 0) is 14.3 Å². The molecule has 0 spiro atoms. The molecule has 0 aromatic heterocycles. The number of methoxy groups -OCH3 is 1. The van der Waals surface area contributed by atoms with E-state index in [0.29, 0.717) is 23.8 Å². The van der Waals surface area contributed by atoms with Crippen LogP contribution in [0.3, 0.4) is 0 Å². The highest BCUT2D eigenvalue weighted by Crippen LogP contribution is 2.36. The van der Waals surface area contributed by atoms with Gasteiger partial charge in [-0.05, 0) is 24.0 Å². The van der Waals surface area contributed by atoms with Gasteiger partial charge in [0.15, 0.2) is 0 Å². The van der Waals surface area contributed by atoms with Crippen molar-refractivity contribution in [1.82, 2.24) is 10.6 Å². The average molecular weight is 392 g/mol. The van der Waals surface area contributed by atoms with Crippen molar-refractivity contribution in [2.24, 2.45) is 0 Å². The Balaban J connectivity index is 2.14. The van der Waals surface area contributed by atoms with E-state index in [1.54, 1.807) is 18.9 Å². The van der Waals surface area contributed by atoms with E-state index >= 15 is 0 Å². The van der Waals surface area contributed by atoms with E-state index in [9.17, 15) is 14.9 Å². The van der Waals surface area contributed by atoms with Gasteiger partial charge < -0.3 is 15.4 Å². The highest BCUT2D eigenvalue weighted by Gasteiger charge is 2.29. The van der Waals surface area contributed by atoms with Crippen molar-refractivity contribution < 1.29 is 14.3 Å². The fourth-order valence-electron chi connectivity index (χ4n) is 2.54. The van der Waals surface area contributed by atoms with Gasteiger partial charge in [-0.25, -0.2) is 0 Å². The molecule has 26 heavy (non-hydrogen) atoms. The third-order valence-corrected chi connectivity index (χ3v) is 5.61. The largest absolute Gasteiger partial charge is 0.383 e. The lowest BCUT2D eigenvalue weighted by molar-refractivity contribution is -0.121. The third kappa shape index (κ3) is 5.53. The Hall–Kier alpha value is -1.95. The van der Waals surface area contributed by atoms with Crippen LogP contribution in [0.1, 0.15) is 17.9 Å². The number of benzene rings is 1. The summed E-state index contributed by atoms with van der Waals surface area (Å²) in [5.74, 6) is -0.477. The number of carbonyl (C=O) groups excluding carboxylic acids is 2. The highest BCUT2D eigenvalue weighted by molar-refractivity contribution is 8.03. The number of ether oxygens (including phenoxy) is 1. The van der Waals surface area contributed by atoms with Gasteiger partial charge in [-0.1, -0.05) is 23.9 Å². The Labute approximate surface area is 161 Å². The summed E-state index contributed by atoms with van der Waals surface area (Å²) in [5, 5.41) is 15.5. The molecule has 2 amide bonds.